The number of nitro groups is 1. The summed E-state index contributed by atoms with van der Waals surface area (Å²) in [7, 11) is 0. The molecule has 1 aromatic carbocycles. The van der Waals surface area contributed by atoms with Crippen LogP contribution in [0.25, 0.3) is 0 Å². The number of carbonyl (C=O) groups is 1. The summed E-state index contributed by atoms with van der Waals surface area (Å²) in [6.07, 6.45) is 0. The molecule has 0 radical (unpaired) electrons. The van der Waals surface area contributed by atoms with E-state index in [1.165, 1.54) is 12.1 Å². The third kappa shape index (κ3) is 2.44. The number of hydrogen-bond acceptors (Lipinski definition) is 4. The topological polar surface area (TPSA) is 72.7 Å². The number of nitrogens with zero attached hydrogens (tertiary/aromatic N) is 2. The first-order valence-electron chi connectivity index (χ1n) is 3.79. The second-order valence-corrected chi connectivity index (χ2v) is 2.43. The fourth-order valence-corrected chi connectivity index (χ4v) is 0.858. The van der Waals surface area contributed by atoms with Gasteiger partial charge in [0.15, 0.2) is 0 Å². The molecule has 0 saturated carbocycles. The van der Waals surface area contributed by atoms with Crippen molar-refractivity contribution in [2.75, 3.05) is 5.17 Å². The Morgan fingerprint density at radius 3 is 2.43 bits per heavy atom. The lowest BCUT2D eigenvalue weighted by Gasteiger charge is -2.10. The quantitative estimate of drug-likeness (QED) is 0.535. The van der Waals surface area contributed by atoms with Crippen LogP contribution in [0.1, 0.15) is 6.92 Å². The van der Waals surface area contributed by atoms with Crippen molar-refractivity contribution in [2.45, 2.75) is 6.92 Å². The Kier molecular flexibility index (Phi) is 3.01. The van der Waals surface area contributed by atoms with E-state index in [1.807, 2.05) is 0 Å². The van der Waals surface area contributed by atoms with Gasteiger partial charge in [-0.25, -0.2) is 14.9 Å². The third-order valence-corrected chi connectivity index (χ3v) is 1.34. The molecule has 0 unspecified atom stereocenters. The molecule has 0 aromatic heterocycles. The molecule has 0 fully saturated rings. The van der Waals surface area contributed by atoms with Crippen LogP contribution in [0.3, 0.4) is 0 Å². The molecule has 0 heterocycles. The molecular formula is C8H8N2O4. The summed E-state index contributed by atoms with van der Waals surface area (Å²) < 4.78 is 0. The number of carbonyl (C=O) groups excluding carboxylic acids is 1. The highest BCUT2D eigenvalue weighted by Crippen LogP contribution is 2.13. The van der Waals surface area contributed by atoms with Gasteiger partial charge < -0.3 is 0 Å². The molecule has 1 rings (SSSR count). The summed E-state index contributed by atoms with van der Waals surface area (Å²) in [5.41, 5.74) is 0.188. The van der Waals surface area contributed by atoms with E-state index in [4.69, 9.17) is 0 Å². The Morgan fingerprint density at radius 2 is 2.00 bits per heavy atom. The minimum atomic E-state index is -0.809. The van der Waals surface area contributed by atoms with Crippen molar-refractivity contribution >= 4 is 11.7 Å². The van der Waals surface area contributed by atoms with Crippen LogP contribution in [0.2, 0.25) is 0 Å². The zero-order valence-corrected chi connectivity index (χ0v) is 7.41. The summed E-state index contributed by atoms with van der Waals surface area (Å²) in [6.45, 7) is 1.10. The number of benzene rings is 1. The lowest BCUT2D eigenvalue weighted by Crippen LogP contribution is -2.31. The van der Waals surface area contributed by atoms with E-state index in [9.17, 15) is 14.9 Å². The molecule has 6 nitrogen and oxygen atoms in total. The summed E-state index contributed by atoms with van der Waals surface area (Å²) in [6, 6.07) is 7.84. The maximum atomic E-state index is 10.6. The van der Waals surface area contributed by atoms with Crippen LogP contribution in [0.4, 0.5) is 5.69 Å². The zero-order valence-electron chi connectivity index (χ0n) is 7.41. The smallest absolute Gasteiger partial charge is 0.285 e. The summed E-state index contributed by atoms with van der Waals surface area (Å²) in [4.78, 5) is 25.4. The van der Waals surface area contributed by atoms with Gasteiger partial charge in [0.1, 0.15) is 5.69 Å². The van der Waals surface area contributed by atoms with Gasteiger partial charge in [-0.3, -0.25) is 4.84 Å². The molecule has 0 N–H and O–H groups in total. The SMILES string of the molecule is CC(=O)ON(c1ccccc1)[N+](=O)[O-]. The van der Waals surface area contributed by atoms with Gasteiger partial charge in [0.2, 0.25) is 5.03 Å². The van der Waals surface area contributed by atoms with E-state index in [2.05, 4.69) is 4.84 Å². The highest BCUT2D eigenvalue weighted by Gasteiger charge is 2.20. The predicted octanol–water partition coefficient (Wildman–Crippen LogP) is 1.16. The van der Waals surface area contributed by atoms with E-state index in [0.717, 1.165) is 6.92 Å². The number of rotatable bonds is 3. The van der Waals surface area contributed by atoms with Gasteiger partial charge >= 0.3 is 5.97 Å². The molecule has 6 heteroatoms. The molecule has 0 saturated heterocycles. The van der Waals surface area contributed by atoms with Crippen LogP contribution in [0.15, 0.2) is 30.3 Å². The van der Waals surface area contributed by atoms with E-state index < -0.39 is 11.0 Å². The number of hydrazine groups is 1. The van der Waals surface area contributed by atoms with Crippen LogP contribution < -0.4 is 5.17 Å². The molecule has 0 aliphatic rings. The Morgan fingerprint density at radius 1 is 1.43 bits per heavy atom. The van der Waals surface area contributed by atoms with Crippen molar-refractivity contribution < 1.29 is 14.7 Å². The van der Waals surface area contributed by atoms with Crippen LogP contribution in [-0.2, 0) is 9.63 Å². The van der Waals surface area contributed by atoms with E-state index in [-0.39, 0.29) is 5.69 Å². The molecule has 0 atom stereocenters. The molecule has 74 valence electrons. The maximum absolute atomic E-state index is 10.6. The lowest BCUT2D eigenvalue weighted by atomic mass is 10.3. The fourth-order valence-electron chi connectivity index (χ4n) is 0.858. The molecule has 0 aliphatic heterocycles. The van der Waals surface area contributed by atoms with Crippen LogP contribution in [-0.4, -0.2) is 11.0 Å². The first-order valence-corrected chi connectivity index (χ1v) is 3.79. The monoisotopic (exact) mass is 196 g/mol. The molecule has 14 heavy (non-hydrogen) atoms. The fraction of sp³-hybridized carbons (Fsp3) is 0.125. The Hall–Kier alpha value is -2.11. The average molecular weight is 196 g/mol. The van der Waals surface area contributed by atoms with E-state index in [0.29, 0.717) is 5.17 Å². The summed E-state index contributed by atoms with van der Waals surface area (Å²) >= 11 is 0. The Balaban J connectivity index is 2.89. The molecule has 1 aromatic rings. The second kappa shape index (κ2) is 4.22. The van der Waals surface area contributed by atoms with Crippen molar-refractivity contribution in [2.24, 2.45) is 0 Å². The summed E-state index contributed by atoms with van der Waals surface area (Å²) in [5.74, 6) is -0.745. The molecule has 0 aliphatic carbocycles. The molecule has 0 amide bonds. The van der Waals surface area contributed by atoms with Crippen molar-refractivity contribution in [3.8, 4) is 0 Å². The van der Waals surface area contributed by atoms with Gasteiger partial charge in [0.25, 0.3) is 0 Å². The standard InChI is InChI=1S/C8H8N2O4/c1-7(11)14-9(10(12)13)8-5-3-2-4-6-8/h2-6H,1H3. The van der Waals surface area contributed by atoms with Crippen molar-refractivity contribution in [3.05, 3.63) is 40.4 Å². The minimum absolute atomic E-state index is 0.188. The average Bonchev–Trinajstić information content (AvgIpc) is 2.15. The second-order valence-electron chi connectivity index (χ2n) is 2.43. The van der Waals surface area contributed by atoms with Gasteiger partial charge in [0.05, 0.1) is 5.17 Å². The van der Waals surface area contributed by atoms with Crippen LogP contribution in [0.5, 0.6) is 0 Å². The normalized spacial score (nSPS) is 9.21. The summed E-state index contributed by atoms with van der Waals surface area (Å²) in [5, 5.41) is 10.0. The van der Waals surface area contributed by atoms with Gasteiger partial charge in [-0.15, -0.1) is 0 Å². The van der Waals surface area contributed by atoms with Gasteiger partial charge in [-0.2, -0.15) is 0 Å². The van der Waals surface area contributed by atoms with Gasteiger partial charge in [0, 0.05) is 6.92 Å². The van der Waals surface area contributed by atoms with Crippen molar-refractivity contribution in [1.82, 2.24) is 0 Å². The van der Waals surface area contributed by atoms with Crippen molar-refractivity contribution in [1.29, 1.82) is 0 Å². The first-order chi connectivity index (χ1) is 6.61. The Labute approximate surface area is 79.8 Å². The Bertz CT molecular complexity index is 338. The first kappa shape index (κ1) is 9.97. The highest BCUT2D eigenvalue weighted by atomic mass is 16.8. The molecular weight excluding hydrogens is 188 g/mol. The predicted molar refractivity (Wildman–Crippen MR) is 47.7 cm³/mol. The van der Waals surface area contributed by atoms with Crippen LogP contribution in [0, 0.1) is 10.1 Å². The van der Waals surface area contributed by atoms with E-state index in [1.54, 1.807) is 18.2 Å². The van der Waals surface area contributed by atoms with Crippen molar-refractivity contribution in [3.63, 3.8) is 0 Å². The van der Waals surface area contributed by atoms with Crippen LogP contribution >= 0.6 is 0 Å². The molecule has 0 spiro atoms. The van der Waals surface area contributed by atoms with Gasteiger partial charge in [-0.1, -0.05) is 18.2 Å². The largest absolute Gasteiger partial charge is 0.336 e. The highest BCUT2D eigenvalue weighted by molar-refractivity contribution is 5.67. The van der Waals surface area contributed by atoms with E-state index >= 15 is 0 Å². The molecule has 0 bridgehead atoms. The number of hydrogen-bond donors (Lipinski definition) is 0. The maximum Gasteiger partial charge on any atom is 0.336 e. The number of para-hydroxylation sites is 1. The lowest BCUT2D eigenvalue weighted by molar-refractivity contribution is -0.539. The number of anilines is 1. The minimum Gasteiger partial charge on any atom is -0.285 e. The third-order valence-electron chi connectivity index (χ3n) is 1.34. The zero-order chi connectivity index (χ0) is 10.6. The van der Waals surface area contributed by atoms with Gasteiger partial charge in [-0.05, 0) is 12.1 Å².